The summed E-state index contributed by atoms with van der Waals surface area (Å²) < 4.78 is 0. The monoisotopic (exact) mass is 364 g/mol. The van der Waals surface area contributed by atoms with Gasteiger partial charge in [-0.3, -0.25) is 24.1 Å². The number of carboxylic acids is 1. The van der Waals surface area contributed by atoms with Crippen LogP contribution in [0, 0.1) is 0 Å². The number of aliphatic carboxylic acids is 1. The molecule has 0 radical (unpaired) electrons. The van der Waals surface area contributed by atoms with Gasteiger partial charge in [-0.1, -0.05) is 12.1 Å². The molecule has 1 aliphatic rings. The Balaban J connectivity index is 1.94. The van der Waals surface area contributed by atoms with Crippen LogP contribution in [0.15, 0.2) is 29.2 Å². The van der Waals surface area contributed by atoms with Gasteiger partial charge >= 0.3 is 5.97 Å². The zero-order chi connectivity index (χ0) is 18.4. The van der Waals surface area contributed by atoms with Gasteiger partial charge in [0.15, 0.2) is 0 Å². The molecular formula is C16H16N2O6S. The summed E-state index contributed by atoms with van der Waals surface area (Å²) in [6.45, 7) is -0.268. The third kappa shape index (κ3) is 5.35. The number of carbonyl (C=O) groups is 4. The van der Waals surface area contributed by atoms with Crippen LogP contribution in [0.2, 0.25) is 0 Å². The Morgan fingerprint density at radius 2 is 2.04 bits per heavy atom. The number of hydrogen-bond donors (Lipinski definition) is 3. The number of aromatic hydroxyl groups is 1. The van der Waals surface area contributed by atoms with Crippen molar-refractivity contribution in [2.45, 2.75) is 12.8 Å². The number of phenols is 1. The average molecular weight is 364 g/mol. The molecule has 0 aromatic heterocycles. The minimum Gasteiger partial charge on any atom is -0.508 e. The molecule has 132 valence electrons. The van der Waals surface area contributed by atoms with Crippen LogP contribution in [0.3, 0.4) is 0 Å². The van der Waals surface area contributed by atoms with Crippen LogP contribution < -0.4 is 5.32 Å². The van der Waals surface area contributed by atoms with Gasteiger partial charge < -0.3 is 15.5 Å². The number of carboxylic acid groups (broad SMARTS) is 1. The summed E-state index contributed by atoms with van der Waals surface area (Å²) in [5.74, 6) is -2.05. The van der Waals surface area contributed by atoms with Crippen molar-refractivity contribution in [2.24, 2.45) is 0 Å². The Morgan fingerprint density at radius 1 is 1.28 bits per heavy atom. The van der Waals surface area contributed by atoms with Crippen LogP contribution >= 0.6 is 11.8 Å². The van der Waals surface area contributed by atoms with Gasteiger partial charge in [0.1, 0.15) is 12.3 Å². The van der Waals surface area contributed by atoms with Crippen molar-refractivity contribution in [3.05, 3.63) is 34.7 Å². The first-order valence-electron chi connectivity index (χ1n) is 7.39. The second-order valence-corrected chi connectivity index (χ2v) is 6.20. The van der Waals surface area contributed by atoms with Crippen molar-refractivity contribution in [3.8, 4) is 5.75 Å². The highest BCUT2D eigenvalue weighted by atomic mass is 32.2. The Morgan fingerprint density at radius 3 is 2.72 bits per heavy atom. The molecule has 1 heterocycles. The van der Waals surface area contributed by atoms with Gasteiger partial charge in [-0.25, -0.2) is 0 Å². The first-order chi connectivity index (χ1) is 11.9. The fourth-order valence-corrected chi connectivity index (χ4v) is 2.91. The number of benzene rings is 1. The molecule has 1 aromatic rings. The van der Waals surface area contributed by atoms with Gasteiger partial charge in [-0.15, -0.1) is 0 Å². The molecule has 0 aliphatic carbocycles. The predicted molar refractivity (Wildman–Crippen MR) is 90.7 cm³/mol. The van der Waals surface area contributed by atoms with Crippen LogP contribution in [-0.2, 0) is 14.4 Å². The van der Waals surface area contributed by atoms with E-state index in [9.17, 15) is 24.3 Å². The van der Waals surface area contributed by atoms with E-state index >= 15 is 0 Å². The molecule has 1 fully saturated rings. The van der Waals surface area contributed by atoms with E-state index in [-0.39, 0.29) is 30.0 Å². The highest BCUT2D eigenvalue weighted by Gasteiger charge is 2.36. The number of carbonyl (C=O) groups excluding carboxylic acids is 3. The third-order valence-electron chi connectivity index (χ3n) is 3.23. The lowest BCUT2D eigenvalue weighted by atomic mass is 10.2. The van der Waals surface area contributed by atoms with Crippen molar-refractivity contribution >= 4 is 40.9 Å². The first-order valence-corrected chi connectivity index (χ1v) is 8.21. The minimum atomic E-state index is -0.961. The van der Waals surface area contributed by atoms with Gasteiger partial charge in [0.05, 0.1) is 4.91 Å². The van der Waals surface area contributed by atoms with E-state index in [2.05, 4.69) is 5.32 Å². The number of nitrogens with one attached hydrogen (secondary N) is 1. The highest BCUT2D eigenvalue weighted by Crippen LogP contribution is 2.32. The largest absolute Gasteiger partial charge is 0.508 e. The lowest BCUT2D eigenvalue weighted by Crippen LogP contribution is -2.39. The van der Waals surface area contributed by atoms with Crippen molar-refractivity contribution < 1.29 is 29.4 Å². The van der Waals surface area contributed by atoms with Crippen molar-refractivity contribution in [3.63, 3.8) is 0 Å². The van der Waals surface area contributed by atoms with Crippen LogP contribution in [0.25, 0.3) is 6.08 Å². The van der Waals surface area contributed by atoms with E-state index in [0.29, 0.717) is 17.3 Å². The molecule has 1 aliphatic heterocycles. The van der Waals surface area contributed by atoms with E-state index in [1.165, 1.54) is 18.2 Å². The maximum absolute atomic E-state index is 12.3. The molecule has 2 rings (SSSR count). The Kier molecular flexibility index (Phi) is 6.18. The van der Waals surface area contributed by atoms with Crippen molar-refractivity contribution in [2.75, 3.05) is 13.1 Å². The van der Waals surface area contributed by atoms with Gasteiger partial charge in [-0.2, -0.15) is 0 Å². The third-order valence-corrected chi connectivity index (χ3v) is 4.14. The maximum atomic E-state index is 12.3. The Hall–Kier alpha value is -2.81. The van der Waals surface area contributed by atoms with Crippen molar-refractivity contribution in [1.29, 1.82) is 0 Å². The van der Waals surface area contributed by atoms with E-state index in [4.69, 9.17) is 5.11 Å². The summed E-state index contributed by atoms with van der Waals surface area (Å²) in [6.07, 6.45) is 1.66. The van der Waals surface area contributed by atoms with Crippen LogP contribution in [0.5, 0.6) is 5.75 Å². The van der Waals surface area contributed by atoms with Gasteiger partial charge in [0, 0.05) is 13.0 Å². The molecular weight excluding hydrogens is 348 g/mol. The molecule has 9 heteroatoms. The zero-order valence-electron chi connectivity index (χ0n) is 13.1. The molecule has 25 heavy (non-hydrogen) atoms. The number of imide groups is 1. The maximum Gasteiger partial charge on any atom is 0.303 e. The predicted octanol–water partition coefficient (Wildman–Crippen LogP) is 1.41. The second-order valence-electron chi connectivity index (χ2n) is 5.21. The summed E-state index contributed by atoms with van der Waals surface area (Å²) in [7, 11) is 0. The molecule has 3 amide bonds. The average Bonchev–Trinajstić information content (AvgIpc) is 2.79. The lowest BCUT2D eigenvalue weighted by molar-refractivity contribution is -0.137. The van der Waals surface area contributed by atoms with Gasteiger partial charge in [-0.05, 0) is 42.0 Å². The van der Waals surface area contributed by atoms with E-state index in [0.717, 1.165) is 4.90 Å². The summed E-state index contributed by atoms with van der Waals surface area (Å²) in [5, 5.41) is 19.8. The fourth-order valence-electron chi connectivity index (χ4n) is 2.07. The number of nitrogens with zero attached hydrogens (tertiary/aromatic N) is 1. The molecule has 1 saturated heterocycles. The zero-order valence-corrected chi connectivity index (χ0v) is 13.9. The van der Waals surface area contributed by atoms with Crippen LogP contribution in [-0.4, -0.2) is 51.2 Å². The number of amides is 3. The van der Waals surface area contributed by atoms with Crippen LogP contribution in [0.4, 0.5) is 4.79 Å². The lowest BCUT2D eigenvalue weighted by Gasteiger charge is -2.12. The molecule has 0 unspecified atom stereocenters. The first kappa shape index (κ1) is 18.5. The Bertz CT molecular complexity index is 746. The number of phenolic OH excluding ortho intramolecular Hbond substituents is 1. The second kappa shape index (κ2) is 8.34. The number of hydrogen-bond acceptors (Lipinski definition) is 6. The van der Waals surface area contributed by atoms with E-state index in [1.807, 2.05) is 0 Å². The fraction of sp³-hybridized carbons (Fsp3) is 0.250. The normalized spacial score (nSPS) is 15.7. The van der Waals surface area contributed by atoms with Crippen molar-refractivity contribution in [1.82, 2.24) is 10.2 Å². The van der Waals surface area contributed by atoms with E-state index in [1.54, 1.807) is 12.1 Å². The molecule has 0 atom stereocenters. The SMILES string of the molecule is O=C(O)CCCNC(=O)CN1C(=O)S/C(=C\c2cccc(O)c2)C1=O. The van der Waals surface area contributed by atoms with E-state index < -0.39 is 29.6 Å². The Labute approximate surface area is 147 Å². The number of rotatable bonds is 7. The molecule has 3 N–H and O–H groups in total. The van der Waals surface area contributed by atoms with Gasteiger partial charge in [0.2, 0.25) is 5.91 Å². The standard InChI is InChI=1S/C16H16N2O6S/c19-11-4-1-3-10(7-11)8-12-15(23)18(16(24)25-12)9-13(20)17-6-2-5-14(21)22/h1,3-4,7-8,19H,2,5-6,9H2,(H,17,20)(H,21,22)/b12-8-. The summed E-state index contributed by atoms with van der Waals surface area (Å²) >= 11 is 0.716. The molecule has 0 bridgehead atoms. The molecule has 0 saturated carbocycles. The quantitative estimate of drug-likeness (QED) is 0.493. The summed E-state index contributed by atoms with van der Waals surface area (Å²) in [4.78, 5) is 47.3. The van der Waals surface area contributed by atoms with Gasteiger partial charge in [0.25, 0.3) is 11.1 Å². The highest BCUT2D eigenvalue weighted by molar-refractivity contribution is 8.18. The smallest absolute Gasteiger partial charge is 0.303 e. The molecule has 8 nitrogen and oxygen atoms in total. The van der Waals surface area contributed by atoms with Crippen LogP contribution in [0.1, 0.15) is 18.4 Å². The molecule has 1 aromatic carbocycles. The summed E-state index contributed by atoms with van der Waals surface area (Å²) in [6, 6.07) is 6.21. The number of thioether (sulfide) groups is 1. The summed E-state index contributed by atoms with van der Waals surface area (Å²) in [5.41, 5.74) is 0.559. The molecule has 0 spiro atoms. The minimum absolute atomic E-state index is 0.0358. The topological polar surface area (TPSA) is 124 Å².